The van der Waals surface area contributed by atoms with Crippen LogP contribution in [0.15, 0.2) is 11.8 Å². The van der Waals surface area contributed by atoms with Gasteiger partial charge < -0.3 is 20.7 Å². The van der Waals surface area contributed by atoms with Gasteiger partial charge in [0.2, 0.25) is 0 Å². The first-order chi connectivity index (χ1) is 11.2. The Morgan fingerprint density at radius 2 is 2.09 bits per heavy atom. The number of nitrogens with zero attached hydrogens (tertiary/aromatic N) is 2. The van der Waals surface area contributed by atoms with Crippen molar-refractivity contribution in [2.24, 2.45) is 0 Å². The molecule has 0 bridgehead atoms. The lowest BCUT2D eigenvalue weighted by molar-refractivity contribution is -0.142. The summed E-state index contributed by atoms with van der Waals surface area (Å²) in [6.07, 6.45) is 1.52. The van der Waals surface area contributed by atoms with Crippen molar-refractivity contribution in [2.75, 3.05) is 52.4 Å². The van der Waals surface area contributed by atoms with Gasteiger partial charge in [-0.05, 0) is 6.92 Å². The molecule has 23 heavy (non-hydrogen) atoms. The molecule has 0 saturated carbocycles. The smallest absolute Gasteiger partial charge is 0.307 e. The summed E-state index contributed by atoms with van der Waals surface area (Å²) < 4.78 is 4.78. The Morgan fingerprint density at radius 3 is 2.74 bits per heavy atom. The fourth-order valence-corrected chi connectivity index (χ4v) is 2.09. The average molecular weight is 323 g/mol. The quantitative estimate of drug-likeness (QED) is 0.215. The zero-order chi connectivity index (χ0) is 16.9. The number of esters is 1. The monoisotopic (exact) mass is 323 g/mol. The summed E-state index contributed by atoms with van der Waals surface area (Å²) in [6, 6.07) is 1.85. The maximum atomic E-state index is 11.9. The number of carbonyl (C=O) groups is 2. The molecule has 0 aromatic carbocycles. The van der Waals surface area contributed by atoms with Gasteiger partial charge in [-0.2, -0.15) is 5.26 Å². The third-order valence-corrected chi connectivity index (χ3v) is 3.31. The molecule has 1 saturated heterocycles. The molecular weight excluding hydrogens is 298 g/mol. The van der Waals surface area contributed by atoms with E-state index in [-0.39, 0.29) is 18.0 Å². The van der Waals surface area contributed by atoms with Crippen LogP contribution in [-0.4, -0.2) is 69.2 Å². The average Bonchev–Trinajstić information content (AvgIpc) is 2.56. The van der Waals surface area contributed by atoms with Crippen LogP contribution in [0, 0.1) is 11.3 Å². The van der Waals surface area contributed by atoms with E-state index < -0.39 is 5.91 Å². The first-order valence-electron chi connectivity index (χ1n) is 7.88. The molecule has 1 aliphatic heterocycles. The molecule has 0 atom stereocenters. The fraction of sp³-hybridized carbons (Fsp3) is 0.667. The molecule has 0 aliphatic carbocycles. The van der Waals surface area contributed by atoms with Crippen molar-refractivity contribution in [1.29, 1.82) is 5.26 Å². The van der Waals surface area contributed by atoms with Crippen LogP contribution in [0.3, 0.4) is 0 Å². The number of rotatable bonds is 9. The van der Waals surface area contributed by atoms with Gasteiger partial charge in [-0.25, -0.2) is 0 Å². The van der Waals surface area contributed by atoms with Crippen molar-refractivity contribution in [2.45, 2.75) is 13.3 Å². The lowest BCUT2D eigenvalue weighted by Gasteiger charge is -2.27. The minimum atomic E-state index is -0.411. The Hall–Kier alpha value is -2.11. The minimum absolute atomic E-state index is 0.00540. The van der Waals surface area contributed by atoms with Gasteiger partial charge in [0.15, 0.2) is 0 Å². The van der Waals surface area contributed by atoms with Gasteiger partial charge in [0.1, 0.15) is 11.6 Å². The Morgan fingerprint density at radius 1 is 1.35 bits per heavy atom. The topological polar surface area (TPSA) is 106 Å². The molecule has 0 spiro atoms. The first kappa shape index (κ1) is 18.9. The fourth-order valence-electron chi connectivity index (χ4n) is 2.09. The second-order valence-corrected chi connectivity index (χ2v) is 5.03. The van der Waals surface area contributed by atoms with E-state index in [2.05, 4.69) is 20.9 Å². The predicted octanol–water partition coefficient (Wildman–Crippen LogP) is -1.04. The number of piperazine rings is 1. The molecule has 0 unspecified atom stereocenters. The van der Waals surface area contributed by atoms with Crippen LogP contribution >= 0.6 is 0 Å². The normalized spacial score (nSPS) is 15.6. The van der Waals surface area contributed by atoms with Gasteiger partial charge in [0.25, 0.3) is 5.91 Å². The zero-order valence-electron chi connectivity index (χ0n) is 13.6. The summed E-state index contributed by atoms with van der Waals surface area (Å²) in [6.45, 7) is 7.51. The van der Waals surface area contributed by atoms with E-state index in [1.165, 1.54) is 6.20 Å². The summed E-state index contributed by atoms with van der Waals surface area (Å²) in [5.41, 5.74) is -0.00540. The van der Waals surface area contributed by atoms with Gasteiger partial charge in [0, 0.05) is 52.0 Å². The number of nitrogens with one attached hydrogen (secondary N) is 3. The maximum absolute atomic E-state index is 11.9. The number of hydrogen-bond acceptors (Lipinski definition) is 7. The molecule has 8 nitrogen and oxygen atoms in total. The molecule has 3 N–H and O–H groups in total. The Balaban J connectivity index is 2.23. The van der Waals surface area contributed by atoms with Gasteiger partial charge in [0.05, 0.1) is 13.0 Å². The molecule has 0 radical (unpaired) electrons. The molecule has 1 fully saturated rings. The second-order valence-electron chi connectivity index (χ2n) is 5.03. The SMILES string of the molecule is CCOC(=O)CCN/C=C(/C#N)C(=O)NCCN1CCNCC1. The molecule has 1 aliphatic rings. The highest BCUT2D eigenvalue weighted by molar-refractivity contribution is 5.97. The lowest BCUT2D eigenvalue weighted by atomic mass is 10.3. The molecule has 0 aromatic heterocycles. The van der Waals surface area contributed by atoms with Gasteiger partial charge >= 0.3 is 5.97 Å². The molecule has 128 valence electrons. The third-order valence-electron chi connectivity index (χ3n) is 3.31. The lowest BCUT2D eigenvalue weighted by Crippen LogP contribution is -2.46. The van der Waals surface area contributed by atoms with Crippen LogP contribution in [-0.2, 0) is 14.3 Å². The summed E-state index contributed by atoms with van der Waals surface area (Å²) in [5, 5.41) is 17.8. The van der Waals surface area contributed by atoms with E-state index in [4.69, 9.17) is 10.00 Å². The Bertz CT molecular complexity index is 453. The number of carbonyl (C=O) groups excluding carboxylic acids is 2. The van der Waals surface area contributed by atoms with Crippen molar-refractivity contribution >= 4 is 11.9 Å². The summed E-state index contributed by atoms with van der Waals surface area (Å²) in [5.74, 6) is -0.723. The van der Waals surface area contributed by atoms with E-state index >= 15 is 0 Å². The summed E-state index contributed by atoms with van der Waals surface area (Å²) >= 11 is 0. The Kier molecular flexibility index (Phi) is 9.43. The second kappa shape index (κ2) is 11.5. The standard InChI is InChI=1S/C15H25N5O3/c1-2-23-14(21)3-4-18-12-13(11-16)15(22)19-7-10-20-8-5-17-6-9-20/h12,17-18H,2-10H2,1H3,(H,19,22)/b13-12-. The summed E-state index contributed by atoms with van der Waals surface area (Å²) in [4.78, 5) is 25.3. The largest absolute Gasteiger partial charge is 0.466 e. The summed E-state index contributed by atoms with van der Waals surface area (Å²) in [7, 11) is 0. The highest BCUT2D eigenvalue weighted by Crippen LogP contribution is 1.93. The highest BCUT2D eigenvalue weighted by Gasteiger charge is 2.11. The van der Waals surface area contributed by atoms with Gasteiger partial charge in [-0.3, -0.25) is 14.5 Å². The highest BCUT2D eigenvalue weighted by atomic mass is 16.5. The van der Waals surface area contributed by atoms with Gasteiger partial charge in [-0.15, -0.1) is 0 Å². The maximum Gasteiger partial charge on any atom is 0.307 e. The Labute approximate surface area is 136 Å². The zero-order valence-corrected chi connectivity index (χ0v) is 13.6. The van der Waals surface area contributed by atoms with Crippen molar-refractivity contribution < 1.29 is 14.3 Å². The van der Waals surface area contributed by atoms with E-state index in [0.29, 0.717) is 19.7 Å². The molecule has 1 rings (SSSR count). The van der Waals surface area contributed by atoms with Crippen LogP contribution in [0.2, 0.25) is 0 Å². The van der Waals surface area contributed by atoms with E-state index in [0.717, 1.165) is 32.7 Å². The van der Waals surface area contributed by atoms with Crippen molar-refractivity contribution in [3.63, 3.8) is 0 Å². The molecular formula is C15H25N5O3. The van der Waals surface area contributed by atoms with Crippen molar-refractivity contribution in [3.8, 4) is 6.07 Å². The van der Waals surface area contributed by atoms with Crippen LogP contribution in [0.5, 0.6) is 0 Å². The van der Waals surface area contributed by atoms with Crippen molar-refractivity contribution in [1.82, 2.24) is 20.9 Å². The predicted molar refractivity (Wildman–Crippen MR) is 85.3 cm³/mol. The van der Waals surface area contributed by atoms with E-state index in [9.17, 15) is 9.59 Å². The van der Waals surface area contributed by atoms with Crippen molar-refractivity contribution in [3.05, 3.63) is 11.8 Å². The number of hydrogen-bond donors (Lipinski definition) is 3. The first-order valence-corrected chi connectivity index (χ1v) is 7.88. The van der Waals surface area contributed by atoms with E-state index in [1.54, 1.807) is 6.92 Å². The van der Waals surface area contributed by atoms with Crippen LogP contribution in [0.4, 0.5) is 0 Å². The molecule has 0 aromatic rings. The number of nitriles is 1. The third kappa shape index (κ3) is 8.18. The van der Waals surface area contributed by atoms with Gasteiger partial charge in [-0.1, -0.05) is 0 Å². The minimum Gasteiger partial charge on any atom is -0.466 e. The molecule has 8 heteroatoms. The number of ether oxygens (including phenoxy) is 1. The molecule has 1 amide bonds. The van der Waals surface area contributed by atoms with Crippen LogP contribution in [0.25, 0.3) is 0 Å². The van der Waals surface area contributed by atoms with E-state index in [1.807, 2.05) is 6.07 Å². The molecule has 1 heterocycles. The van der Waals surface area contributed by atoms with Crippen LogP contribution in [0.1, 0.15) is 13.3 Å². The number of amides is 1. The van der Waals surface area contributed by atoms with Crippen LogP contribution < -0.4 is 16.0 Å².